The van der Waals surface area contributed by atoms with Crippen molar-refractivity contribution in [3.63, 3.8) is 0 Å². The van der Waals surface area contributed by atoms with E-state index in [1.54, 1.807) is 6.26 Å². The molecule has 0 aliphatic carbocycles. The van der Waals surface area contributed by atoms with E-state index < -0.39 is 0 Å². The first-order valence-corrected chi connectivity index (χ1v) is 6.62. The summed E-state index contributed by atoms with van der Waals surface area (Å²) in [5.41, 5.74) is 2.39. The molecule has 1 N–H and O–H groups in total. The van der Waals surface area contributed by atoms with Gasteiger partial charge in [0.1, 0.15) is 17.6 Å². The molecule has 0 radical (unpaired) electrons. The van der Waals surface area contributed by atoms with Crippen molar-refractivity contribution in [3.05, 3.63) is 53.5 Å². The van der Waals surface area contributed by atoms with Crippen LogP contribution in [0.5, 0.6) is 5.75 Å². The zero-order valence-corrected chi connectivity index (χ0v) is 11.8. The first-order valence-electron chi connectivity index (χ1n) is 6.62. The normalized spacial score (nSPS) is 12.4. The van der Waals surface area contributed by atoms with Gasteiger partial charge < -0.3 is 14.5 Å². The van der Waals surface area contributed by atoms with Gasteiger partial charge in [-0.3, -0.25) is 0 Å². The number of furan rings is 1. The second-order valence-electron chi connectivity index (χ2n) is 4.91. The van der Waals surface area contributed by atoms with E-state index in [0.29, 0.717) is 0 Å². The zero-order valence-electron chi connectivity index (χ0n) is 11.8. The van der Waals surface area contributed by atoms with Crippen LogP contribution in [0.25, 0.3) is 0 Å². The van der Waals surface area contributed by atoms with Gasteiger partial charge in [-0.25, -0.2) is 0 Å². The molecule has 102 valence electrons. The van der Waals surface area contributed by atoms with Gasteiger partial charge >= 0.3 is 0 Å². The van der Waals surface area contributed by atoms with Crippen molar-refractivity contribution in [1.82, 2.24) is 5.32 Å². The molecule has 0 aliphatic rings. The molecule has 1 heterocycles. The van der Waals surface area contributed by atoms with Crippen LogP contribution in [0.4, 0.5) is 0 Å². The van der Waals surface area contributed by atoms with Crippen LogP contribution >= 0.6 is 0 Å². The lowest BCUT2D eigenvalue weighted by atomic mass is 10.1. The molecule has 2 aromatic rings. The SMILES string of the molecule is Cc1ccc(C)c(O[C@@H](C)CNCc2ccco2)c1. The third-order valence-corrected chi connectivity index (χ3v) is 2.98. The topological polar surface area (TPSA) is 34.4 Å². The molecule has 0 unspecified atom stereocenters. The smallest absolute Gasteiger partial charge is 0.122 e. The van der Waals surface area contributed by atoms with E-state index in [4.69, 9.17) is 9.15 Å². The highest BCUT2D eigenvalue weighted by Crippen LogP contribution is 2.20. The van der Waals surface area contributed by atoms with Crippen molar-refractivity contribution in [3.8, 4) is 5.75 Å². The van der Waals surface area contributed by atoms with Gasteiger partial charge in [-0.05, 0) is 50.1 Å². The lowest BCUT2D eigenvalue weighted by Crippen LogP contribution is -2.28. The Morgan fingerprint density at radius 2 is 2.11 bits per heavy atom. The van der Waals surface area contributed by atoms with Crippen LogP contribution in [-0.4, -0.2) is 12.6 Å². The van der Waals surface area contributed by atoms with Gasteiger partial charge in [-0.1, -0.05) is 12.1 Å². The van der Waals surface area contributed by atoms with Gasteiger partial charge in [-0.15, -0.1) is 0 Å². The van der Waals surface area contributed by atoms with E-state index in [2.05, 4.69) is 44.3 Å². The molecule has 2 rings (SSSR count). The Bertz CT molecular complexity index is 505. The predicted octanol–water partition coefficient (Wildman–Crippen LogP) is 3.45. The van der Waals surface area contributed by atoms with Gasteiger partial charge in [0.2, 0.25) is 0 Å². The predicted molar refractivity (Wildman–Crippen MR) is 76.4 cm³/mol. The van der Waals surface area contributed by atoms with Gasteiger partial charge in [0, 0.05) is 6.54 Å². The van der Waals surface area contributed by atoms with Gasteiger partial charge in [0.15, 0.2) is 0 Å². The maximum absolute atomic E-state index is 5.95. The Morgan fingerprint density at radius 1 is 1.26 bits per heavy atom. The first-order chi connectivity index (χ1) is 9.15. The Kier molecular flexibility index (Phi) is 4.63. The zero-order chi connectivity index (χ0) is 13.7. The molecule has 0 aliphatic heterocycles. The summed E-state index contributed by atoms with van der Waals surface area (Å²) < 4.78 is 11.2. The van der Waals surface area contributed by atoms with Gasteiger partial charge in [0.25, 0.3) is 0 Å². The minimum atomic E-state index is 0.121. The largest absolute Gasteiger partial charge is 0.489 e. The molecule has 1 aromatic carbocycles. The fraction of sp³-hybridized carbons (Fsp3) is 0.375. The molecule has 0 bridgehead atoms. The highest BCUT2D eigenvalue weighted by Gasteiger charge is 2.06. The third-order valence-electron chi connectivity index (χ3n) is 2.98. The minimum Gasteiger partial charge on any atom is -0.489 e. The third kappa shape index (κ3) is 4.14. The number of rotatable bonds is 6. The molecule has 0 spiro atoms. The average Bonchev–Trinajstić information content (AvgIpc) is 2.87. The van der Waals surface area contributed by atoms with Gasteiger partial charge in [-0.2, -0.15) is 0 Å². The number of hydrogen-bond acceptors (Lipinski definition) is 3. The number of nitrogens with one attached hydrogen (secondary N) is 1. The van der Waals surface area contributed by atoms with Crippen molar-refractivity contribution in [2.75, 3.05) is 6.54 Å². The molecule has 0 saturated carbocycles. The summed E-state index contributed by atoms with van der Waals surface area (Å²) in [4.78, 5) is 0. The second kappa shape index (κ2) is 6.43. The van der Waals surface area contributed by atoms with Crippen molar-refractivity contribution >= 4 is 0 Å². The van der Waals surface area contributed by atoms with E-state index in [-0.39, 0.29) is 6.10 Å². The maximum atomic E-state index is 5.95. The van der Waals surface area contributed by atoms with Crippen LogP contribution in [0.2, 0.25) is 0 Å². The van der Waals surface area contributed by atoms with Gasteiger partial charge in [0.05, 0.1) is 12.8 Å². The summed E-state index contributed by atoms with van der Waals surface area (Å²) in [5, 5.41) is 3.32. The highest BCUT2D eigenvalue weighted by atomic mass is 16.5. The molecule has 3 heteroatoms. The molecule has 0 saturated heterocycles. The summed E-state index contributed by atoms with van der Waals surface area (Å²) >= 11 is 0. The molecule has 19 heavy (non-hydrogen) atoms. The standard InChI is InChI=1S/C16H21NO2/c1-12-6-7-13(2)16(9-12)19-14(3)10-17-11-15-5-4-8-18-15/h4-9,14,17H,10-11H2,1-3H3/t14-/m0/s1. The summed E-state index contributed by atoms with van der Waals surface area (Å²) in [6, 6.07) is 10.1. The fourth-order valence-corrected chi connectivity index (χ4v) is 1.90. The second-order valence-corrected chi connectivity index (χ2v) is 4.91. The Morgan fingerprint density at radius 3 is 2.84 bits per heavy atom. The number of aryl methyl sites for hydroxylation is 2. The van der Waals surface area contributed by atoms with E-state index >= 15 is 0 Å². The van der Waals surface area contributed by atoms with Crippen molar-refractivity contribution in [2.24, 2.45) is 0 Å². The summed E-state index contributed by atoms with van der Waals surface area (Å²) in [7, 11) is 0. The quantitative estimate of drug-likeness (QED) is 0.862. The summed E-state index contributed by atoms with van der Waals surface area (Å²) in [6.45, 7) is 7.72. The van der Waals surface area contributed by atoms with Crippen molar-refractivity contribution < 1.29 is 9.15 Å². The Balaban J connectivity index is 1.80. The van der Waals surface area contributed by atoms with E-state index in [1.807, 2.05) is 12.1 Å². The highest BCUT2D eigenvalue weighted by molar-refractivity contribution is 5.36. The minimum absolute atomic E-state index is 0.121. The molecule has 3 nitrogen and oxygen atoms in total. The molecule has 1 aromatic heterocycles. The van der Waals surface area contributed by atoms with Crippen LogP contribution < -0.4 is 10.1 Å². The van der Waals surface area contributed by atoms with E-state index in [1.165, 1.54) is 11.1 Å². The lowest BCUT2D eigenvalue weighted by Gasteiger charge is -2.17. The van der Waals surface area contributed by atoms with Crippen LogP contribution in [0.15, 0.2) is 41.0 Å². The summed E-state index contributed by atoms with van der Waals surface area (Å²) in [5.74, 6) is 1.91. The molecular formula is C16H21NO2. The fourth-order valence-electron chi connectivity index (χ4n) is 1.90. The molecular weight excluding hydrogens is 238 g/mol. The summed E-state index contributed by atoms with van der Waals surface area (Å²) in [6.07, 6.45) is 1.81. The van der Waals surface area contributed by atoms with Crippen LogP contribution in [-0.2, 0) is 6.54 Å². The lowest BCUT2D eigenvalue weighted by molar-refractivity contribution is 0.214. The molecule has 1 atom stereocenters. The van der Waals surface area contributed by atoms with Crippen molar-refractivity contribution in [2.45, 2.75) is 33.4 Å². The first kappa shape index (κ1) is 13.7. The Labute approximate surface area is 114 Å². The van der Waals surface area contributed by atoms with Crippen LogP contribution in [0, 0.1) is 13.8 Å². The van der Waals surface area contributed by atoms with Crippen LogP contribution in [0.3, 0.4) is 0 Å². The maximum Gasteiger partial charge on any atom is 0.122 e. The molecule has 0 amide bonds. The van der Waals surface area contributed by atoms with E-state index in [0.717, 1.165) is 24.6 Å². The number of ether oxygens (including phenoxy) is 1. The Hall–Kier alpha value is -1.74. The van der Waals surface area contributed by atoms with Crippen LogP contribution in [0.1, 0.15) is 23.8 Å². The van der Waals surface area contributed by atoms with E-state index in [9.17, 15) is 0 Å². The number of benzene rings is 1. The molecule has 0 fully saturated rings. The van der Waals surface area contributed by atoms with Crippen molar-refractivity contribution in [1.29, 1.82) is 0 Å². The monoisotopic (exact) mass is 259 g/mol. The average molecular weight is 259 g/mol. The number of hydrogen-bond donors (Lipinski definition) is 1.